The summed E-state index contributed by atoms with van der Waals surface area (Å²) >= 11 is 0. The largest absolute Gasteiger partial charge is 0.439 e. The van der Waals surface area contributed by atoms with Gasteiger partial charge in [-0.05, 0) is 30.3 Å². The van der Waals surface area contributed by atoms with Crippen LogP contribution in [0.4, 0.5) is 13.2 Å². The van der Waals surface area contributed by atoms with Crippen molar-refractivity contribution in [1.29, 1.82) is 0 Å². The molecule has 0 bridgehead atoms. The molecule has 0 aliphatic heterocycles. The highest BCUT2D eigenvalue weighted by Crippen LogP contribution is 2.30. The quantitative estimate of drug-likeness (QED) is 0.616. The van der Waals surface area contributed by atoms with E-state index in [0.29, 0.717) is 35.5 Å². The number of aromatic nitrogens is 2. The molecule has 0 unspecified atom stereocenters. The SMILES string of the molecule is COCCN(C)C(=O)c1ccc2cc(Oc3ccc(C(F)(F)F)cn3)ccc2n1. The summed E-state index contributed by atoms with van der Waals surface area (Å²) < 4.78 is 48.3. The van der Waals surface area contributed by atoms with Crippen LogP contribution < -0.4 is 4.74 Å². The molecule has 0 saturated carbocycles. The van der Waals surface area contributed by atoms with E-state index in [1.165, 1.54) is 4.90 Å². The molecule has 0 N–H and O–H groups in total. The minimum absolute atomic E-state index is 0.0388. The molecular weight excluding hydrogens is 387 g/mol. The van der Waals surface area contributed by atoms with E-state index in [0.717, 1.165) is 18.3 Å². The number of fused-ring (bicyclic) bond motifs is 1. The van der Waals surface area contributed by atoms with E-state index in [1.807, 2.05) is 0 Å². The number of alkyl halides is 3. The summed E-state index contributed by atoms with van der Waals surface area (Å²) in [4.78, 5) is 22.0. The molecule has 2 aromatic heterocycles. The number of halogens is 3. The lowest BCUT2D eigenvalue weighted by atomic mass is 10.2. The lowest BCUT2D eigenvalue weighted by Crippen LogP contribution is -2.30. The molecule has 0 spiro atoms. The van der Waals surface area contributed by atoms with Gasteiger partial charge in [0.05, 0.1) is 17.7 Å². The molecule has 3 rings (SSSR count). The van der Waals surface area contributed by atoms with E-state index in [-0.39, 0.29) is 11.8 Å². The van der Waals surface area contributed by atoms with Crippen LogP contribution in [0.2, 0.25) is 0 Å². The Labute approximate surface area is 164 Å². The van der Waals surface area contributed by atoms with Crippen molar-refractivity contribution in [3.8, 4) is 11.6 Å². The highest BCUT2D eigenvalue weighted by atomic mass is 19.4. The van der Waals surface area contributed by atoms with Crippen molar-refractivity contribution in [1.82, 2.24) is 14.9 Å². The molecule has 0 aliphatic carbocycles. The van der Waals surface area contributed by atoms with Gasteiger partial charge in [-0.3, -0.25) is 4.79 Å². The monoisotopic (exact) mass is 405 g/mol. The van der Waals surface area contributed by atoms with Gasteiger partial charge in [-0.25, -0.2) is 9.97 Å². The van der Waals surface area contributed by atoms with Crippen molar-refractivity contribution in [2.45, 2.75) is 6.18 Å². The fourth-order valence-electron chi connectivity index (χ4n) is 2.54. The van der Waals surface area contributed by atoms with Crippen LogP contribution in [0, 0.1) is 0 Å². The second-order valence-corrected chi connectivity index (χ2v) is 6.26. The number of ether oxygens (including phenoxy) is 2. The Balaban J connectivity index is 1.76. The number of rotatable bonds is 6. The minimum atomic E-state index is -4.45. The molecule has 3 aromatic rings. The first kappa shape index (κ1) is 20.5. The summed E-state index contributed by atoms with van der Waals surface area (Å²) in [6.07, 6.45) is -3.73. The molecule has 0 saturated heterocycles. The van der Waals surface area contributed by atoms with Gasteiger partial charge in [0.2, 0.25) is 5.88 Å². The topological polar surface area (TPSA) is 64.5 Å². The van der Waals surface area contributed by atoms with Gasteiger partial charge in [0.1, 0.15) is 11.4 Å². The summed E-state index contributed by atoms with van der Waals surface area (Å²) in [5.74, 6) is 0.206. The average molecular weight is 405 g/mol. The Morgan fingerprint density at radius 2 is 1.93 bits per heavy atom. The van der Waals surface area contributed by atoms with E-state index in [9.17, 15) is 18.0 Å². The predicted molar refractivity (Wildman–Crippen MR) is 99.9 cm³/mol. The highest BCUT2D eigenvalue weighted by Gasteiger charge is 2.30. The second-order valence-electron chi connectivity index (χ2n) is 6.26. The number of likely N-dealkylation sites (N-methyl/N-ethyl adjacent to an activating group) is 1. The molecule has 9 heteroatoms. The maximum atomic E-state index is 12.6. The summed E-state index contributed by atoms with van der Waals surface area (Å²) in [6, 6.07) is 10.3. The van der Waals surface area contributed by atoms with Gasteiger partial charge in [0.15, 0.2) is 0 Å². The van der Waals surface area contributed by atoms with E-state index in [4.69, 9.17) is 9.47 Å². The lowest BCUT2D eigenvalue weighted by molar-refractivity contribution is -0.137. The maximum Gasteiger partial charge on any atom is 0.417 e. The van der Waals surface area contributed by atoms with Crippen LogP contribution in [0.3, 0.4) is 0 Å². The Morgan fingerprint density at radius 3 is 2.59 bits per heavy atom. The van der Waals surface area contributed by atoms with Crippen molar-refractivity contribution in [3.63, 3.8) is 0 Å². The zero-order valence-corrected chi connectivity index (χ0v) is 15.7. The summed E-state index contributed by atoms with van der Waals surface area (Å²) in [5, 5.41) is 0.713. The fraction of sp³-hybridized carbons (Fsp3) is 0.250. The number of hydrogen-bond acceptors (Lipinski definition) is 5. The third kappa shape index (κ3) is 5.00. The van der Waals surface area contributed by atoms with E-state index in [1.54, 1.807) is 44.5 Å². The third-order valence-electron chi connectivity index (χ3n) is 4.14. The number of methoxy groups -OCH3 is 1. The zero-order chi connectivity index (χ0) is 21.0. The predicted octanol–water partition coefficient (Wildman–Crippen LogP) is 4.16. The number of hydrogen-bond donors (Lipinski definition) is 0. The first-order valence-corrected chi connectivity index (χ1v) is 8.64. The average Bonchev–Trinajstić information content (AvgIpc) is 2.70. The van der Waals surface area contributed by atoms with Crippen molar-refractivity contribution < 1.29 is 27.4 Å². The molecule has 29 heavy (non-hydrogen) atoms. The lowest BCUT2D eigenvalue weighted by Gasteiger charge is -2.16. The third-order valence-corrected chi connectivity index (χ3v) is 4.14. The number of amides is 1. The highest BCUT2D eigenvalue weighted by molar-refractivity contribution is 5.95. The Kier molecular flexibility index (Phi) is 5.97. The number of pyridine rings is 2. The van der Waals surface area contributed by atoms with Crippen molar-refractivity contribution in [3.05, 3.63) is 59.9 Å². The summed E-state index contributed by atoms with van der Waals surface area (Å²) in [7, 11) is 3.23. The Bertz CT molecular complexity index is 1010. The van der Waals surface area contributed by atoms with Crippen LogP contribution in [0.5, 0.6) is 11.6 Å². The van der Waals surface area contributed by atoms with Crippen LogP contribution in [-0.4, -0.2) is 48.1 Å². The van der Waals surface area contributed by atoms with Gasteiger partial charge in [-0.15, -0.1) is 0 Å². The van der Waals surface area contributed by atoms with Crippen LogP contribution >= 0.6 is 0 Å². The number of nitrogens with zero attached hydrogens (tertiary/aromatic N) is 3. The molecule has 1 aromatic carbocycles. The molecule has 2 heterocycles. The molecular formula is C20H18F3N3O3. The molecule has 1 amide bonds. The molecule has 0 radical (unpaired) electrons. The maximum absolute atomic E-state index is 12.6. The van der Waals surface area contributed by atoms with Crippen LogP contribution in [0.25, 0.3) is 10.9 Å². The number of carbonyl (C=O) groups is 1. The van der Waals surface area contributed by atoms with Crippen LogP contribution in [0.15, 0.2) is 48.7 Å². The smallest absolute Gasteiger partial charge is 0.417 e. The van der Waals surface area contributed by atoms with E-state index >= 15 is 0 Å². The second kappa shape index (κ2) is 8.44. The first-order chi connectivity index (χ1) is 13.8. The number of carbonyl (C=O) groups excluding carboxylic acids is 1. The van der Waals surface area contributed by atoms with Gasteiger partial charge >= 0.3 is 6.18 Å². The Hall–Kier alpha value is -3.20. The normalized spacial score (nSPS) is 11.5. The van der Waals surface area contributed by atoms with Crippen molar-refractivity contribution in [2.75, 3.05) is 27.3 Å². The van der Waals surface area contributed by atoms with Gasteiger partial charge in [0.25, 0.3) is 5.91 Å². The van der Waals surface area contributed by atoms with Crippen LogP contribution in [0.1, 0.15) is 16.1 Å². The Morgan fingerprint density at radius 1 is 1.14 bits per heavy atom. The summed E-state index contributed by atoms with van der Waals surface area (Å²) in [5.41, 5.74) is 0.0399. The minimum Gasteiger partial charge on any atom is -0.439 e. The molecule has 152 valence electrons. The van der Waals surface area contributed by atoms with Crippen molar-refractivity contribution >= 4 is 16.8 Å². The fourth-order valence-corrected chi connectivity index (χ4v) is 2.54. The molecule has 6 nitrogen and oxygen atoms in total. The van der Waals surface area contributed by atoms with Gasteiger partial charge in [0, 0.05) is 38.4 Å². The number of benzene rings is 1. The molecule has 0 atom stereocenters. The molecule has 0 aliphatic rings. The van der Waals surface area contributed by atoms with Crippen LogP contribution in [-0.2, 0) is 10.9 Å². The van der Waals surface area contributed by atoms with Gasteiger partial charge in [-0.1, -0.05) is 6.07 Å². The zero-order valence-electron chi connectivity index (χ0n) is 15.7. The van der Waals surface area contributed by atoms with Crippen molar-refractivity contribution in [2.24, 2.45) is 0 Å². The van der Waals surface area contributed by atoms with Gasteiger partial charge in [-0.2, -0.15) is 13.2 Å². The van der Waals surface area contributed by atoms with E-state index in [2.05, 4.69) is 9.97 Å². The standard InChI is InChI=1S/C20H18F3N3O3/c1-26(9-10-28-2)19(27)17-6-3-13-11-15(5-7-16(13)25-17)29-18-8-4-14(12-24-18)20(21,22)23/h3-8,11-12H,9-10H2,1-2H3. The summed E-state index contributed by atoms with van der Waals surface area (Å²) in [6.45, 7) is 0.871. The van der Waals surface area contributed by atoms with E-state index < -0.39 is 11.7 Å². The first-order valence-electron chi connectivity index (χ1n) is 8.64. The van der Waals surface area contributed by atoms with Gasteiger partial charge < -0.3 is 14.4 Å². The molecule has 0 fully saturated rings.